The third-order valence-electron chi connectivity index (χ3n) is 3.14. The maximum absolute atomic E-state index is 13.5. The molecule has 0 spiro atoms. The van der Waals surface area contributed by atoms with Crippen LogP contribution in [0.1, 0.15) is 23.2 Å². The van der Waals surface area contributed by atoms with Crippen LogP contribution in [0.3, 0.4) is 0 Å². The van der Waals surface area contributed by atoms with Gasteiger partial charge in [0.1, 0.15) is 5.82 Å². The van der Waals surface area contributed by atoms with Gasteiger partial charge in [-0.15, -0.1) is 6.42 Å². The van der Waals surface area contributed by atoms with Crippen LogP contribution < -0.4 is 0 Å². The Morgan fingerprint density at radius 1 is 1.43 bits per heavy atom. The number of amides is 1. The second kappa shape index (κ2) is 6.04. The fourth-order valence-corrected chi connectivity index (χ4v) is 2.74. The van der Waals surface area contributed by atoms with E-state index < -0.39 is 25.7 Å². The van der Waals surface area contributed by atoms with Gasteiger partial charge in [-0.25, -0.2) is 12.8 Å². The zero-order valence-electron chi connectivity index (χ0n) is 11.1. The van der Waals surface area contributed by atoms with Crippen LogP contribution in [0, 0.1) is 24.1 Å². The highest BCUT2D eigenvalue weighted by atomic mass is 35.7. The van der Waals surface area contributed by atoms with Crippen LogP contribution in [0.25, 0.3) is 0 Å². The molecule has 7 heteroatoms. The van der Waals surface area contributed by atoms with E-state index in [0.29, 0.717) is 12.5 Å². The highest BCUT2D eigenvalue weighted by molar-refractivity contribution is 8.13. The van der Waals surface area contributed by atoms with Gasteiger partial charge in [0.05, 0.1) is 11.4 Å². The fraction of sp³-hybridized carbons (Fsp3) is 0.357. The third kappa shape index (κ3) is 4.19. The molecule has 2 rings (SSSR count). The molecule has 1 fully saturated rings. The van der Waals surface area contributed by atoms with Crippen molar-refractivity contribution < 1.29 is 17.6 Å². The van der Waals surface area contributed by atoms with Gasteiger partial charge >= 0.3 is 0 Å². The van der Waals surface area contributed by atoms with Gasteiger partial charge in [0.25, 0.3) is 15.0 Å². The van der Waals surface area contributed by atoms with Crippen molar-refractivity contribution in [2.75, 3.05) is 13.1 Å². The molecule has 1 aromatic rings. The first-order valence-corrected chi connectivity index (χ1v) is 8.60. The number of hydrogen-bond acceptors (Lipinski definition) is 3. The monoisotopic (exact) mass is 329 g/mol. The second-order valence-electron chi connectivity index (χ2n) is 4.95. The lowest BCUT2D eigenvalue weighted by atomic mass is 10.2. The summed E-state index contributed by atoms with van der Waals surface area (Å²) >= 11 is 0. The lowest BCUT2D eigenvalue weighted by molar-refractivity contribution is 0.0769. The van der Waals surface area contributed by atoms with E-state index in [1.54, 1.807) is 0 Å². The van der Waals surface area contributed by atoms with E-state index in [-0.39, 0.29) is 12.1 Å². The average Bonchev–Trinajstić information content (AvgIpc) is 3.19. The van der Waals surface area contributed by atoms with Gasteiger partial charge in [-0.05, 0) is 37.0 Å². The average molecular weight is 330 g/mol. The van der Waals surface area contributed by atoms with Crippen LogP contribution in [0.2, 0.25) is 0 Å². The molecule has 0 unspecified atom stereocenters. The Balaban J connectivity index is 2.32. The molecule has 0 atom stereocenters. The predicted molar refractivity (Wildman–Crippen MR) is 76.9 cm³/mol. The van der Waals surface area contributed by atoms with Gasteiger partial charge in [0.2, 0.25) is 0 Å². The quantitative estimate of drug-likeness (QED) is 0.615. The molecule has 1 aromatic carbocycles. The lowest BCUT2D eigenvalue weighted by Crippen LogP contribution is -2.33. The van der Waals surface area contributed by atoms with Crippen molar-refractivity contribution in [1.82, 2.24) is 4.90 Å². The summed E-state index contributed by atoms with van der Waals surface area (Å²) < 4.78 is 36.1. The van der Waals surface area contributed by atoms with E-state index in [4.69, 9.17) is 17.1 Å². The van der Waals surface area contributed by atoms with Gasteiger partial charge in [-0.2, -0.15) is 0 Å². The summed E-state index contributed by atoms with van der Waals surface area (Å²) in [4.78, 5) is 13.3. The fourth-order valence-electron chi connectivity index (χ4n) is 1.95. The van der Waals surface area contributed by atoms with Gasteiger partial charge in [-0.3, -0.25) is 4.79 Å². The molecule has 0 N–H and O–H groups in total. The first-order valence-electron chi connectivity index (χ1n) is 6.29. The normalized spacial score (nSPS) is 14.5. The molecule has 0 saturated heterocycles. The Labute approximate surface area is 127 Å². The predicted octanol–water partition coefficient (Wildman–Crippen LogP) is 2.24. The largest absolute Gasteiger partial charge is 0.327 e. The van der Waals surface area contributed by atoms with Crippen LogP contribution in [-0.2, 0) is 9.05 Å². The van der Waals surface area contributed by atoms with Crippen LogP contribution in [0.4, 0.5) is 4.39 Å². The summed E-state index contributed by atoms with van der Waals surface area (Å²) in [5, 5.41) is 0. The summed E-state index contributed by atoms with van der Waals surface area (Å²) in [5.74, 6) is 1.45. The lowest BCUT2D eigenvalue weighted by Gasteiger charge is -2.20. The SMILES string of the molecule is C#CCN(CC1CC1)C(=O)c1cc(F)cc(S(=O)(=O)Cl)c1. The van der Waals surface area contributed by atoms with Crippen molar-refractivity contribution in [2.24, 2.45) is 5.92 Å². The number of halogens is 2. The molecule has 112 valence electrons. The standard InChI is InChI=1S/C14H13ClFNO3S/c1-2-5-17(9-10-3-4-10)14(18)11-6-12(16)8-13(7-11)21(15,19)20/h1,6-8,10H,3-5,9H2. The van der Waals surface area contributed by atoms with Crippen LogP contribution in [-0.4, -0.2) is 32.3 Å². The molecule has 0 aromatic heterocycles. The van der Waals surface area contributed by atoms with E-state index in [1.165, 1.54) is 4.90 Å². The number of rotatable bonds is 5. The van der Waals surface area contributed by atoms with E-state index in [1.807, 2.05) is 0 Å². The highest BCUT2D eigenvalue weighted by Crippen LogP contribution is 2.30. The van der Waals surface area contributed by atoms with Crippen molar-refractivity contribution >= 4 is 25.6 Å². The highest BCUT2D eigenvalue weighted by Gasteiger charge is 2.27. The number of terminal acetylenes is 1. The molecule has 21 heavy (non-hydrogen) atoms. The summed E-state index contributed by atoms with van der Waals surface area (Å²) in [6.45, 7) is 0.581. The van der Waals surface area contributed by atoms with E-state index in [0.717, 1.165) is 31.0 Å². The first-order chi connectivity index (χ1) is 9.81. The van der Waals surface area contributed by atoms with Crippen molar-refractivity contribution in [3.05, 3.63) is 29.6 Å². The van der Waals surface area contributed by atoms with E-state index in [2.05, 4.69) is 5.92 Å². The smallest absolute Gasteiger partial charge is 0.261 e. The van der Waals surface area contributed by atoms with Gasteiger partial charge in [0, 0.05) is 22.8 Å². The van der Waals surface area contributed by atoms with Crippen molar-refractivity contribution in [3.63, 3.8) is 0 Å². The van der Waals surface area contributed by atoms with E-state index in [9.17, 15) is 17.6 Å². The first kappa shape index (κ1) is 15.8. The van der Waals surface area contributed by atoms with E-state index >= 15 is 0 Å². The van der Waals surface area contributed by atoms with Gasteiger partial charge in [0.15, 0.2) is 0 Å². The molecular formula is C14H13ClFNO3S. The molecule has 0 heterocycles. The summed E-state index contributed by atoms with van der Waals surface area (Å²) in [6.07, 6.45) is 7.29. The summed E-state index contributed by atoms with van der Waals surface area (Å²) in [6, 6.07) is 2.81. The molecule has 4 nitrogen and oxygen atoms in total. The summed E-state index contributed by atoms with van der Waals surface area (Å²) in [5.41, 5.74) is -0.0786. The van der Waals surface area contributed by atoms with Crippen LogP contribution in [0.15, 0.2) is 23.1 Å². The zero-order valence-corrected chi connectivity index (χ0v) is 12.6. The minimum absolute atomic E-state index is 0.0786. The molecule has 1 amide bonds. The molecule has 0 bridgehead atoms. The number of benzene rings is 1. The summed E-state index contributed by atoms with van der Waals surface area (Å²) in [7, 11) is 1.08. The molecular weight excluding hydrogens is 317 g/mol. The Morgan fingerprint density at radius 2 is 2.10 bits per heavy atom. The topological polar surface area (TPSA) is 54.5 Å². The Hall–Kier alpha value is -1.58. The molecule has 0 aliphatic heterocycles. The van der Waals surface area contributed by atoms with Crippen molar-refractivity contribution in [2.45, 2.75) is 17.7 Å². The molecule has 1 aliphatic carbocycles. The number of nitrogens with zero attached hydrogens (tertiary/aromatic N) is 1. The second-order valence-corrected chi connectivity index (χ2v) is 7.51. The minimum atomic E-state index is -4.11. The van der Waals surface area contributed by atoms with Crippen LogP contribution in [0.5, 0.6) is 0 Å². The Bertz CT molecular complexity index is 707. The number of hydrogen-bond donors (Lipinski definition) is 0. The maximum Gasteiger partial charge on any atom is 0.261 e. The Morgan fingerprint density at radius 3 is 2.62 bits per heavy atom. The minimum Gasteiger partial charge on any atom is -0.327 e. The van der Waals surface area contributed by atoms with Crippen molar-refractivity contribution in [1.29, 1.82) is 0 Å². The number of carbonyl (C=O) groups is 1. The molecule has 0 radical (unpaired) electrons. The third-order valence-corrected chi connectivity index (χ3v) is 4.48. The number of carbonyl (C=O) groups excluding carboxylic acids is 1. The van der Waals surface area contributed by atoms with Crippen molar-refractivity contribution in [3.8, 4) is 12.3 Å². The van der Waals surface area contributed by atoms with Gasteiger partial charge in [-0.1, -0.05) is 5.92 Å². The van der Waals surface area contributed by atoms with Crippen LogP contribution >= 0.6 is 10.7 Å². The zero-order chi connectivity index (χ0) is 15.6. The Kier molecular flexibility index (Phi) is 4.55. The molecule has 1 saturated carbocycles. The maximum atomic E-state index is 13.5. The van der Waals surface area contributed by atoms with Gasteiger partial charge < -0.3 is 4.90 Å². The molecule has 1 aliphatic rings.